The third-order valence-electron chi connectivity index (χ3n) is 4.28. The van der Waals surface area contributed by atoms with Crippen molar-refractivity contribution in [1.29, 1.82) is 0 Å². The summed E-state index contributed by atoms with van der Waals surface area (Å²) in [5.74, 6) is -0.101. The van der Waals surface area contributed by atoms with E-state index in [4.69, 9.17) is 9.84 Å². The van der Waals surface area contributed by atoms with Gasteiger partial charge in [-0.25, -0.2) is 4.79 Å². The number of amides is 2. The monoisotopic (exact) mass is 370 g/mol. The highest BCUT2D eigenvalue weighted by Crippen LogP contribution is 2.13. The first kappa shape index (κ1) is 20.3. The Morgan fingerprint density at radius 2 is 1.74 bits per heavy atom. The van der Waals surface area contributed by atoms with Crippen molar-refractivity contribution in [1.82, 2.24) is 10.2 Å². The minimum atomic E-state index is -0.867. The average Bonchev–Trinajstić information content (AvgIpc) is 2.67. The van der Waals surface area contributed by atoms with E-state index >= 15 is 0 Å². The molecule has 6 heteroatoms. The largest absolute Gasteiger partial charge is 0.497 e. The van der Waals surface area contributed by atoms with Crippen LogP contribution in [-0.2, 0) is 17.8 Å². The Hall–Kier alpha value is -3.02. The number of carboxylic acids is 1. The van der Waals surface area contributed by atoms with Crippen molar-refractivity contribution < 1.29 is 19.4 Å². The van der Waals surface area contributed by atoms with Crippen molar-refractivity contribution in [3.63, 3.8) is 0 Å². The number of methoxy groups -OCH3 is 1. The lowest BCUT2D eigenvalue weighted by molar-refractivity contribution is -0.137. The van der Waals surface area contributed by atoms with Gasteiger partial charge in [-0.05, 0) is 36.1 Å². The van der Waals surface area contributed by atoms with E-state index in [0.717, 1.165) is 16.9 Å². The summed E-state index contributed by atoms with van der Waals surface area (Å²) in [6.07, 6.45) is 0.989. The van der Waals surface area contributed by atoms with E-state index in [1.807, 2.05) is 54.6 Å². The van der Waals surface area contributed by atoms with Gasteiger partial charge in [0, 0.05) is 26.1 Å². The van der Waals surface area contributed by atoms with Gasteiger partial charge in [0.1, 0.15) is 5.75 Å². The predicted octanol–water partition coefficient (Wildman–Crippen LogP) is 3.31. The summed E-state index contributed by atoms with van der Waals surface area (Å²) in [6.45, 7) is 0.451. The molecule has 0 heterocycles. The molecule has 2 aromatic carbocycles. The fourth-order valence-corrected chi connectivity index (χ4v) is 2.78. The molecule has 0 radical (unpaired) electrons. The predicted molar refractivity (Wildman–Crippen MR) is 104 cm³/mol. The van der Waals surface area contributed by atoms with Crippen LogP contribution in [0.15, 0.2) is 54.6 Å². The molecule has 0 bridgehead atoms. The van der Waals surface area contributed by atoms with Crippen LogP contribution in [0.25, 0.3) is 0 Å². The maximum atomic E-state index is 12.6. The van der Waals surface area contributed by atoms with Crippen molar-refractivity contribution >= 4 is 12.0 Å². The summed E-state index contributed by atoms with van der Waals surface area (Å²) in [5, 5.41) is 11.9. The minimum Gasteiger partial charge on any atom is -0.497 e. The van der Waals surface area contributed by atoms with Gasteiger partial charge in [-0.15, -0.1) is 0 Å². The van der Waals surface area contributed by atoms with Crippen LogP contribution in [0, 0.1) is 0 Å². The minimum absolute atomic E-state index is 0.0139. The van der Waals surface area contributed by atoms with Crippen LogP contribution in [0.2, 0.25) is 0 Å². The summed E-state index contributed by atoms with van der Waals surface area (Å²) in [5.41, 5.74) is 2.05. The van der Waals surface area contributed by atoms with Crippen molar-refractivity contribution in [2.45, 2.75) is 31.8 Å². The number of urea groups is 1. The molecule has 6 nitrogen and oxygen atoms in total. The number of nitrogens with zero attached hydrogens (tertiary/aromatic N) is 1. The summed E-state index contributed by atoms with van der Waals surface area (Å²) in [4.78, 5) is 25.1. The van der Waals surface area contributed by atoms with E-state index in [1.165, 1.54) is 0 Å². The molecule has 0 aliphatic heterocycles. The van der Waals surface area contributed by atoms with Gasteiger partial charge in [0.15, 0.2) is 0 Å². The number of rotatable bonds is 9. The molecule has 2 aromatic rings. The average molecular weight is 370 g/mol. The molecule has 0 saturated carbocycles. The molecule has 2 amide bonds. The summed E-state index contributed by atoms with van der Waals surface area (Å²) >= 11 is 0. The second-order valence-corrected chi connectivity index (χ2v) is 6.47. The second kappa shape index (κ2) is 10.2. The van der Waals surface area contributed by atoms with E-state index in [9.17, 15) is 9.59 Å². The highest BCUT2D eigenvalue weighted by molar-refractivity contribution is 5.74. The second-order valence-electron chi connectivity index (χ2n) is 6.47. The van der Waals surface area contributed by atoms with Crippen molar-refractivity contribution in [3.05, 3.63) is 65.7 Å². The molecule has 2 rings (SSSR count). The topological polar surface area (TPSA) is 78.9 Å². The first-order chi connectivity index (χ1) is 13.0. The van der Waals surface area contributed by atoms with E-state index in [1.54, 1.807) is 19.1 Å². The highest BCUT2D eigenvalue weighted by atomic mass is 16.5. The zero-order chi connectivity index (χ0) is 19.6. The first-order valence-electron chi connectivity index (χ1n) is 8.88. The van der Waals surface area contributed by atoms with E-state index in [2.05, 4.69) is 5.32 Å². The van der Waals surface area contributed by atoms with Gasteiger partial charge in [-0.3, -0.25) is 4.79 Å². The molecule has 1 unspecified atom stereocenters. The van der Waals surface area contributed by atoms with Crippen LogP contribution >= 0.6 is 0 Å². The van der Waals surface area contributed by atoms with Crippen molar-refractivity contribution in [2.24, 2.45) is 0 Å². The Balaban J connectivity index is 1.96. The zero-order valence-electron chi connectivity index (χ0n) is 15.7. The first-order valence-corrected chi connectivity index (χ1v) is 8.88. The number of carbonyl (C=O) groups excluding carboxylic acids is 1. The molecule has 0 spiro atoms. The smallest absolute Gasteiger partial charge is 0.317 e. The quantitative estimate of drug-likeness (QED) is 0.710. The number of benzene rings is 2. The molecule has 0 aliphatic rings. The Labute approximate surface area is 159 Å². The fourth-order valence-electron chi connectivity index (χ4n) is 2.78. The van der Waals surface area contributed by atoms with Crippen LogP contribution in [0.1, 0.15) is 24.0 Å². The number of hydrogen-bond acceptors (Lipinski definition) is 3. The van der Waals surface area contributed by atoms with Gasteiger partial charge in [-0.2, -0.15) is 0 Å². The SMILES string of the molecule is COc1ccc(CN(C)C(=O)NC(CCC(=O)O)Cc2ccccc2)cc1. The Kier molecular flexibility index (Phi) is 7.67. The van der Waals surface area contributed by atoms with Crippen molar-refractivity contribution in [3.8, 4) is 5.75 Å². The maximum Gasteiger partial charge on any atom is 0.317 e. The lowest BCUT2D eigenvalue weighted by Gasteiger charge is -2.24. The molecule has 0 aliphatic carbocycles. The van der Waals surface area contributed by atoms with Crippen LogP contribution in [0.4, 0.5) is 4.79 Å². The highest BCUT2D eigenvalue weighted by Gasteiger charge is 2.17. The fraction of sp³-hybridized carbons (Fsp3) is 0.333. The number of nitrogens with one attached hydrogen (secondary N) is 1. The van der Waals surface area contributed by atoms with Gasteiger partial charge in [0.05, 0.1) is 7.11 Å². The molecule has 1 atom stereocenters. The lowest BCUT2D eigenvalue weighted by Crippen LogP contribution is -2.44. The van der Waals surface area contributed by atoms with Crippen LogP contribution in [-0.4, -0.2) is 42.2 Å². The third-order valence-corrected chi connectivity index (χ3v) is 4.28. The molecule has 27 heavy (non-hydrogen) atoms. The molecule has 0 saturated heterocycles. The molecular formula is C21H26N2O4. The number of ether oxygens (including phenoxy) is 1. The number of carbonyl (C=O) groups is 2. The van der Waals surface area contributed by atoms with Crippen LogP contribution in [0.3, 0.4) is 0 Å². The normalized spacial score (nSPS) is 11.5. The third kappa shape index (κ3) is 7.01. The maximum absolute atomic E-state index is 12.6. The van der Waals surface area contributed by atoms with Gasteiger partial charge >= 0.3 is 12.0 Å². The summed E-state index contributed by atoms with van der Waals surface area (Å²) < 4.78 is 5.14. The molecule has 0 fully saturated rings. The van der Waals surface area contributed by atoms with Gasteiger partial charge in [0.25, 0.3) is 0 Å². The summed E-state index contributed by atoms with van der Waals surface area (Å²) in [6, 6.07) is 16.8. The molecular weight excluding hydrogens is 344 g/mol. The Morgan fingerprint density at radius 3 is 2.33 bits per heavy atom. The summed E-state index contributed by atoms with van der Waals surface area (Å²) in [7, 11) is 3.33. The van der Waals surface area contributed by atoms with E-state index in [0.29, 0.717) is 19.4 Å². The molecule has 2 N–H and O–H groups in total. The number of hydrogen-bond donors (Lipinski definition) is 2. The zero-order valence-corrected chi connectivity index (χ0v) is 15.7. The number of aliphatic carboxylic acids is 1. The van der Waals surface area contributed by atoms with E-state index in [-0.39, 0.29) is 18.5 Å². The standard InChI is InChI=1S/C21H26N2O4/c1-23(15-17-8-11-19(27-2)12-9-17)21(26)22-18(10-13-20(24)25)14-16-6-4-3-5-7-16/h3-9,11-12,18H,10,13-15H2,1-2H3,(H,22,26)(H,24,25). The van der Waals surface area contributed by atoms with Crippen LogP contribution < -0.4 is 10.1 Å². The number of carboxylic acid groups (broad SMARTS) is 1. The van der Waals surface area contributed by atoms with E-state index < -0.39 is 5.97 Å². The molecule has 144 valence electrons. The molecule has 0 aromatic heterocycles. The van der Waals surface area contributed by atoms with Crippen molar-refractivity contribution in [2.75, 3.05) is 14.2 Å². The van der Waals surface area contributed by atoms with Gasteiger partial charge in [0.2, 0.25) is 0 Å². The van der Waals surface area contributed by atoms with Gasteiger partial charge < -0.3 is 20.1 Å². The lowest BCUT2D eigenvalue weighted by atomic mass is 10.0. The van der Waals surface area contributed by atoms with Crippen LogP contribution in [0.5, 0.6) is 5.75 Å². The Bertz CT molecular complexity index is 732. The van der Waals surface area contributed by atoms with Gasteiger partial charge in [-0.1, -0.05) is 42.5 Å². The Morgan fingerprint density at radius 1 is 1.07 bits per heavy atom.